The van der Waals surface area contributed by atoms with Gasteiger partial charge in [0.2, 0.25) is 5.91 Å². The first-order chi connectivity index (χ1) is 13.6. The SMILES string of the molecule is CCC(=O)NC1CCCN(C(=O)Nc2ccccc2Oc2ccccc2Cl)C1. The highest BCUT2D eigenvalue weighted by atomic mass is 35.5. The Labute approximate surface area is 169 Å². The van der Waals surface area contributed by atoms with Crippen molar-refractivity contribution in [3.63, 3.8) is 0 Å². The molecule has 1 aliphatic rings. The fourth-order valence-electron chi connectivity index (χ4n) is 3.11. The number of hydrogen-bond acceptors (Lipinski definition) is 3. The van der Waals surface area contributed by atoms with Gasteiger partial charge in [-0.25, -0.2) is 4.79 Å². The van der Waals surface area contributed by atoms with Crippen LogP contribution >= 0.6 is 11.6 Å². The van der Waals surface area contributed by atoms with Crippen molar-refractivity contribution < 1.29 is 14.3 Å². The second-order valence-corrected chi connectivity index (χ2v) is 7.07. The van der Waals surface area contributed by atoms with Gasteiger partial charge in [-0.2, -0.15) is 0 Å². The molecule has 2 aromatic rings. The van der Waals surface area contributed by atoms with Crippen molar-refractivity contribution >= 4 is 29.2 Å². The number of likely N-dealkylation sites (tertiary alicyclic amines) is 1. The minimum atomic E-state index is -0.217. The summed E-state index contributed by atoms with van der Waals surface area (Å²) in [6.07, 6.45) is 2.16. The summed E-state index contributed by atoms with van der Waals surface area (Å²) in [5.41, 5.74) is 0.562. The Morgan fingerprint density at radius 1 is 1.14 bits per heavy atom. The van der Waals surface area contributed by atoms with Crippen LogP contribution < -0.4 is 15.4 Å². The number of nitrogens with one attached hydrogen (secondary N) is 2. The van der Waals surface area contributed by atoms with Gasteiger partial charge in [0.05, 0.1) is 10.7 Å². The lowest BCUT2D eigenvalue weighted by Gasteiger charge is -2.33. The van der Waals surface area contributed by atoms with E-state index in [1.54, 1.807) is 29.2 Å². The largest absolute Gasteiger partial charge is 0.454 e. The molecule has 0 aromatic heterocycles. The van der Waals surface area contributed by atoms with E-state index in [1.165, 1.54) is 0 Å². The Bertz CT molecular complexity index is 843. The maximum absolute atomic E-state index is 12.8. The number of amides is 3. The monoisotopic (exact) mass is 401 g/mol. The van der Waals surface area contributed by atoms with Gasteiger partial charge in [-0.15, -0.1) is 0 Å². The average Bonchev–Trinajstić information content (AvgIpc) is 2.71. The van der Waals surface area contributed by atoms with Gasteiger partial charge in [-0.1, -0.05) is 42.8 Å². The van der Waals surface area contributed by atoms with E-state index in [9.17, 15) is 9.59 Å². The Balaban J connectivity index is 1.67. The standard InChI is InChI=1S/C21H24ClN3O3/c1-2-20(26)23-15-8-7-13-25(14-15)21(27)24-17-10-4-6-12-19(17)28-18-11-5-3-9-16(18)22/h3-6,9-12,15H,2,7-8,13-14H2,1H3,(H,23,26)(H,24,27). The number of hydrogen-bond donors (Lipinski definition) is 2. The highest BCUT2D eigenvalue weighted by Crippen LogP contribution is 2.33. The van der Waals surface area contributed by atoms with Crippen LogP contribution in [0.15, 0.2) is 48.5 Å². The van der Waals surface area contributed by atoms with Crippen LogP contribution in [0.2, 0.25) is 5.02 Å². The third-order valence-electron chi connectivity index (χ3n) is 4.58. The molecule has 6 nitrogen and oxygen atoms in total. The maximum Gasteiger partial charge on any atom is 0.322 e. The van der Waals surface area contributed by atoms with Gasteiger partial charge in [0, 0.05) is 25.6 Å². The van der Waals surface area contributed by atoms with Gasteiger partial charge in [0.15, 0.2) is 5.75 Å². The minimum Gasteiger partial charge on any atom is -0.454 e. The highest BCUT2D eigenvalue weighted by Gasteiger charge is 2.25. The fourth-order valence-corrected chi connectivity index (χ4v) is 3.28. The molecule has 0 aliphatic carbocycles. The first kappa shape index (κ1) is 20.0. The molecule has 0 radical (unpaired) electrons. The van der Waals surface area contributed by atoms with Crippen LogP contribution in [-0.4, -0.2) is 36.0 Å². The van der Waals surface area contributed by atoms with Crippen molar-refractivity contribution in [3.05, 3.63) is 53.6 Å². The second-order valence-electron chi connectivity index (χ2n) is 6.67. The predicted octanol–water partition coefficient (Wildman–Crippen LogP) is 4.65. The number of urea groups is 1. The summed E-state index contributed by atoms with van der Waals surface area (Å²) in [4.78, 5) is 26.1. The third kappa shape index (κ3) is 5.16. The highest BCUT2D eigenvalue weighted by molar-refractivity contribution is 6.32. The number of rotatable bonds is 5. The molecule has 0 saturated carbocycles. The average molecular weight is 402 g/mol. The van der Waals surface area contributed by atoms with Crippen molar-refractivity contribution in [1.82, 2.24) is 10.2 Å². The number of ether oxygens (including phenoxy) is 1. The van der Waals surface area contributed by atoms with Crippen LogP contribution in [0.4, 0.5) is 10.5 Å². The van der Waals surface area contributed by atoms with E-state index in [0.717, 1.165) is 12.8 Å². The zero-order valence-electron chi connectivity index (χ0n) is 15.8. The van der Waals surface area contributed by atoms with Gasteiger partial charge >= 0.3 is 6.03 Å². The van der Waals surface area contributed by atoms with Gasteiger partial charge in [0.1, 0.15) is 5.75 Å². The Morgan fingerprint density at radius 2 is 1.86 bits per heavy atom. The molecule has 7 heteroatoms. The molecule has 1 heterocycles. The van der Waals surface area contributed by atoms with Gasteiger partial charge in [0.25, 0.3) is 0 Å². The van der Waals surface area contributed by atoms with Crippen LogP contribution in [0.25, 0.3) is 0 Å². The predicted molar refractivity (Wildman–Crippen MR) is 110 cm³/mol. The molecule has 1 saturated heterocycles. The number of piperidine rings is 1. The summed E-state index contributed by atoms with van der Waals surface area (Å²) in [5, 5.41) is 6.38. The zero-order chi connectivity index (χ0) is 19.9. The molecule has 28 heavy (non-hydrogen) atoms. The van der Waals surface area contributed by atoms with Crippen LogP contribution in [-0.2, 0) is 4.79 Å². The molecule has 2 aromatic carbocycles. The molecule has 148 valence electrons. The molecule has 0 bridgehead atoms. The van der Waals surface area contributed by atoms with Crippen molar-refractivity contribution in [1.29, 1.82) is 0 Å². The number of anilines is 1. The minimum absolute atomic E-state index is 0.00532. The number of halogens is 1. The molecule has 1 unspecified atom stereocenters. The van der Waals surface area contributed by atoms with Crippen LogP contribution in [0.1, 0.15) is 26.2 Å². The van der Waals surface area contributed by atoms with Crippen LogP contribution in [0, 0.1) is 0 Å². The topological polar surface area (TPSA) is 70.7 Å². The number of benzene rings is 2. The van der Waals surface area contributed by atoms with E-state index in [-0.39, 0.29) is 18.0 Å². The van der Waals surface area contributed by atoms with E-state index >= 15 is 0 Å². The number of nitrogens with zero attached hydrogens (tertiary/aromatic N) is 1. The third-order valence-corrected chi connectivity index (χ3v) is 4.89. The first-order valence-electron chi connectivity index (χ1n) is 9.43. The molecular weight excluding hydrogens is 378 g/mol. The Kier molecular flexibility index (Phi) is 6.76. The van der Waals surface area contributed by atoms with E-state index in [2.05, 4.69) is 10.6 Å². The summed E-state index contributed by atoms with van der Waals surface area (Å²) in [7, 11) is 0. The van der Waals surface area contributed by atoms with Gasteiger partial charge in [-0.3, -0.25) is 4.79 Å². The fraction of sp³-hybridized carbons (Fsp3) is 0.333. The first-order valence-corrected chi connectivity index (χ1v) is 9.81. The van der Waals surface area contributed by atoms with Crippen LogP contribution in [0.3, 0.4) is 0 Å². The van der Waals surface area contributed by atoms with E-state index in [0.29, 0.717) is 41.7 Å². The van der Waals surface area contributed by atoms with E-state index < -0.39 is 0 Å². The quantitative estimate of drug-likeness (QED) is 0.765. The van der Waals surface area contributed by atoms with Crippen molar-refractivity contribution in [2.75, 3.05) is 18.4 Å². The smallest absolute Gasteiger partial charge is 0.322 e. The van der Waals surface area contributed by atoms with E-state index in [4.69, 9.17) is 16.3 Å². The van der Waals surface area contributed by atoms with E-state index in [1.807, 2.05) is 31.2 Å². The molecule has 1 fully saturated rings. The molecule has 3 amide bonds. The molecule has 1 atom stereocenters. The number of para-hydroxylation sites is 3. The molecule has 0 spiro atoms. The lowest BCUT2D eigenvalue weighted by molar-refractivity contribution is -0.121. The summed E-state index contributed by atoms with van der Waals surface area (Å²) in [6, 6.07) is 14.2. The van der Waals surface area contributed by atoms with Crippen LogP contribution in [0.5, 0.6) is 11.5 Å². The number of carbonyl (C=O) groups is 2. The lowest BCUT2D eigenvalue weighted by atomic mass is 10.1. The summed E-state index contributed by atoms with van der Waals surface area (Å²) < 4.78 is 5.89. The molecule has 1 aliphatic heterocycles. The lowest BCUT2D eigenvalue weighted by Crippen LogP contribution is -2.50. The molecule has 3 rings (SSSR count). The summed E-state index contributed by atoms with van der Waals surface area (Å²) >= 11 is 6.17. The summed E-state index contributed by atoms with van der Waals surface area (Å²) in [5.74, 6) is 1.04. The van der Waals surface area contributed by atoms with Crippen molar-refractivity contribution in [3.8, 4) is 11.5 Å². The van der Waals surface area contributed by atoms with Gasteiger partial charge < -0.3 is 20.3 Å². The maximum atomic E-state index is 12.8. The second kappa shape index (κ2) is 9.46. The Hall–Kier alpha value is -2.73. The number of carbonyl (C=O) groups excluding carboxylic acids is 2. The molecule has 2 N–H and O–H groups in total. The van der Waals surface area contributed by atoms with Gasteiger partial charge in [-0.05, 0) is 37.1 Å². The van der Waals surface area contributed by atoms with Crippen molar-refractivity contribution in [2.24, 2.45) is 0 Å². The van der Waals surface area contributed by atoms with Crippen molar-refractivity contribution in [2.45, 2.75) is 32.2 Å². The zero-order valence-corrected chi connectivity index (χ0v) is 16.5. The molecular formula is C21H24ClN3O3. The summed E-state index contributed by atoms with van der Waals surface area (Å²) in [6.45, 7) is 2.96. The normalized spacial score (nSPS) is 16.4. The Morgan fingerprint density at radius 3 is 2.61 bits per heavy atom.